The van der Waals surface area contributed by atoms with Gasteiger partial charge in [0.25, 0.3) is 11.8 Å². The molecule has 1 aliphatic heterocycles. The van der Waals surface area contributed by atoms with Crippen LogP contribution in [0.3, 0.4) is 0 Å². The van der Waals surface area contributed by atoms with Crippen LogP contribution in [-0.4, -0.2) is 60.4 Å². The van der Waals surface area contributed by atoms with Crippen molar-refractivity contribution in [1.82, 2.24) is 20.0 Å². The Labute approximate surface area is 170 Å². The van der Waals surface area contributed by atoms with E-state index in [0.717, 1.165) is 23.2 Å². The number of carbonyl (C=O) groups excluding carboxylic acids is 2. The maximum absolute atomic E-state index is 13.1. The lowest BCUT2D eigenvalue weighted by molar-refractivity contribution is -0.143. The van der Waals surface area contributed by atoms with Gasteiger partial charge in [0.2, 0.25) is 0 Å². The highest BCUT2D eigenvalue weighted by Gasteiger charge is 2.32. The van der Waals surface area contributed by atoms with Crippen LogP contribution in [0.15, 0.2) is 30.3 Å². The number of carbonyl (C=O) groups is 2. The van der Waals surface area contributed by atoms with E-state index in [1.54, 1.807) is 16.7 Å². The molecule has 0 spiro atoms. The van der Waals surface area contributed by atoms with Crippen LogP contribution in [0.2, 0.25) is 0 Å². The van der Waals surface area contributed by atoms with Gasteiger partial charge in [-0.1, -0.05) is 30.3 Å². The Morgan fingerprint density at radius 1 is 1.24 bits per heavy atom. The lowest BCUT2D eigenvalue weighted by atomic mass is 10.0. The lowest BCUT2D eigenvalue weighted by Gasteiger charge is -2.30. The summed E-state index contributed by atoms with van der Waals surface area (Å²) >= 11 is 0. The summed E-state index contributed by atoms with van der Waals surface area (Å²) < 4.78 is 12.2. The standard InChI is InChI=1S/C21H28N4O4/c1-24-17-10-12-25(21(27)19(29-3)15-8-5-4-6-9-15)14-16(17)18(23-24)20(26)22-11-7-13-28-2/h4-6,8-9,19H,7,10-14H2,1-3H3,(H,22,26)/t19-/m0/s1. The first-order chi connectivity index (χ1) is 14.1. The molecule has 2 amide bonds. The van der Waals surface area contributed by atoms with Crippen LogP contribution < -0.4 is 5.32 Å². The Morgan fingerprint density at radius 3 is 2.69 bits per heavy atom. The van der Waals surface area contributed by atoms with Crippen molar-refractivity contribution < 1.29 is 19.1 Å². The van der Waals surface area contributed by atoms with Gasteiger partial charge in [0.15, 0.2) is 11.8 Å². The second-order valence-corrected chi connectivity index (χ2v) is 7.04. The van der Waals surface area contributed by atoms with Crippen molar-refractivity contribution in [2.24, 2.45) is 7.05 Å². The Balaban J connectivity index is 1.75. The third kappa shape index (κ3) is 4.65. The van der Waals surface area contributed by atoms with Crippen molar-refractivity contribution >= 4 is 11.8 Å². The summed E-state index contributed by atoms with van der Waals surface area (Å²) in [6, 6.07) is 9.43. The molecular formula is C21H28N4O4. The van der Waals surface area contributed by atoms with E-state index in [0.29, 0.717) is 38.4 Å². The van der Waals surface area contributed by atoms with Gasteiger partial charge in [-0.2, -0.15) is 5.10 Å². The number of fused-ring (bicyclic) bond motifs is 1. The SMILES string of the molecule is COCCCNC(=O)c1nn(C)c2c1CN(C(=O)[C@@H](OC)c1ccccc1)CC2. The minimum absolute atomic E-state index is 0.111. The summed E-state index contributed by atoms with van der Waals surface area (Å²) in [5.41, 5.74) is 2.99. The molecule has 156 valence electrons. The zero-order valence-corrected chi connectivity index (χ0v) is 17.2. The minimum Gasteiger partial charge on any atom is -0.385 e. The summed E-state index contributed by atoms with van der Waals surface area (Å²) in [7, 11) is 5.00. The molecule has 3 rings (SSSR count). The Hall–Kier alpha value is -2.71. The second-order valence-electron chi connectivity index (χ2n) is 7.04. The third-order valence-electron chi connectivity index (χ3n) is 5.14. The van der Waals surface area contributed by atoms with E-state index < -0.39 is 6.10 Å². The fraction of sp³-hybridized carbons (Fsp3) is 0.476. The van der Waals surface area contributed by atoms with Gasteiger partial charge < -0.3 is 19.7 Å². The predicted octanol–water partition coefficient (Wildman–Crippen LogP) is 1.46. The smallest absolute Gasteiger partial charge is 0.272 e. The highest BCUT2D eigenvalue weighted by Crippen LogP contribution is 2.26. The van der Waals surface area contributed by atoms with Crippen molar-refractivity contribution in [3.63, 3.8) is 0 Å². The molecule has 8 heteroatoms. The van der Waals surface area contributed by atoms with Crippen molar-refractivity contribution in [2.45, 2.75) is 25.5 Å². The zero-order chi connectivity index (χ0) is 20.8. The van der Waals surface area contributed by atoms with Gasteiger partial charge in [0.1, 0.15) is 0 Å². The molecule has 0 unspecified atom stereocenters. The lowest BCUT2D eigenvalue weighted by Crippen LogP contribution is -2.40. The molecule has 0 aliphatic carbocycles. The number of rotatable bonds is 8. The number of aromatic nitrogens is 2. The highest BCUT2D eigenvalue weighted by molar-refractivity contribution is 5.94. The first kappa shape index (κ1) is 21.0. The summed E-state index contributed by atoms with van der Waals surface area (Å²) in [6.07, 6.45) is 0.710. The molecule has 1 aliphatic rings. The molecule has 8 nitrogen and oxygen atoms in total. The van der Waals surface area contributed by atoms with Crippen LogP contribution in [0.4, 0.5) is 0 Å². The number of aryl methyl sites for hydroxylation is 1. The zero-order valence-electron chi connectivity index (χ0n) is 17.2. The molecule has 29 heavy (non-hydrogen) atoms. The Kier molecular flexibility index (Phi) is 7.00. The van der Waals surface area contributed by atoms with Gasteiger partial charge in [-0.25, -0.2) is 0 Å². The number of benzene rings is 1. The minimum atomic E-state index is -0.666. The molecule has 2 aromatic rings. The second kappa shape index (κ2) is 9.67. The van der Waals surface area contributed by atoms with Gasteiger partial charge >= 0.3 is 0 Å². The van der Waals surface area contributed by atoms with E-state index in [4.69, 9.17) is 9.47 Å². The number of hydrogen-bond donors (Lipinski definition) is 1. The van der Waals surface area contributed by atoms with Crippen LogP contribution in [0.25, 0.3) is 0 Å². The molecule has 2 heterocycles. The number of nitrogens with zero attached hydrogens (tertiary/aromatic N) is 3. The largest absolute Gasteiger partial charge is 0.385 e. The maximum Gasteiger partial charge on any atom is 0.272 e. The quantitative estimate of drug-likeness (QED) is 0.678. The number of hydrogen-bond acceptors (Lipinski definition) is 5. The van der Waals surface area contributed by atoms with Crippen molar-refractivity contribution in [3.05, 3.63) is 52.8 Å². The first-order valence-electron chi connectivity index (χ1n) is 9.75. The molecule has 1 aromatic carbocycles. The fourth-order valence-electron chi connectivity index (χ4n) is 3.64. The van der Waals surface area contributed by atoms with Gasteiger partial charge in [-0.15, -0.1) is 0 Å². The van der Waals surface area contributed by atoms with E-state index in [-0.39, 0.29) is 11.8 Å². The Morgan fingerprint density at radius 2 is 2.00 bits per heavy atom. The van der Waals surface area contributed by atoms with E-state index >= 15 is 0 Å². The third-order valence-corrected chi connectivity index (χ3v) is 5.14. The first-order valence-corrected chi connectivity index (χ1v) is 9.75. The maximum atomic E-state index is 13.1. The van der Waals surface area contributed by atoms with Gasteiger partial charge in [-0.05, 0) is 12.0 Å². The molecular weight excluding hydrogens is 372 g/mol. The summed E-state index contributed by atoms with van der Waals surface area (Å²) in [5, 5.41) is 7.29. The molecule has 1 atom stereocenters. The fourth-order valence-corrected chi connectivity index (χ4v) is 3.64. The Bertz CT molecular complexity index is 850. The van der Waals surface area contributed by atoms with Crippen LogP contribution in [0.1, 0.15) is 39.8 Å². The number of methoxy groups -OCH3 is 2. The average Bonchev–Trinajstić information content (AvgIpc) is 3.08. The topological polar surface area (TPSA) is 85.7 Å². The number of amides is 2. The molecule has 0 bridgehead atoms. The van der Waals surface area contributed by atoms with Crippen molar-refractivity contribution in [2.75, 3.05) is 33.9 Å². The number of ether oxygens (including phenoxy) is 2. The van der Waals surface area contributed by atoms with E-state index in [2.05, 4.69) is 10.4 Å². The van der Waals surface area contributed by atoms with Crippen LogP contribution in [0.5, 0.6) is 0 Å². The highest BCUT2D eigenvalue weighted by atomic mass is 16.5. The average molecular weight is 400 g/mol. The summed E-state index contributed by atoms with van der Waals surface area (Å²) in [6.45, 7) is 2.00. The van der Waals surface area contributed by atoms with E-state index in [1.165, 1.54) is 7.11 Å². The van der Waals surface area contributed by atoms with Crippen LogP contribution >= 0.6 is 0 Å². The van der Waals surface area contributed by atoms with Crippen LogP contribution in [-0.2, 0) is 34.3 Å². The molecule has 0 fully saturated rings. The number of nitrogens with one attached hydrogen (secondary N) is 1. The van der Waals surface area contributed by atoms with Crippen molar-refractivity contribution in [3.8, 4) is 0 Å². The van der Waals surface area contributed by atoms with Gasteiger partial charge in [-0.3, -0.25) is 14.3 Å². The monoisotopic (exact) mass is 400 g/mol. The van der Waals surface area contributed by atoms with E-state index in [1.807, 2.05) is 37.4 Å². The van der Waals surface area contributed by atoms with Crippen molar-refractivity contribution in [1.29, 1.82) is 0 Å². The summed E-state index contributed by atoms with van der Waals surface area (Å²) in [5.74, 6) is -0.335. The molecule has 0 radical (unpaired) electrons. The summed E-state index contributed by atoms with van der Waals surface area (Å²) in [4.78, 5) is 27.5. The van der Waals surface area contributed by atoms with Crippen LogP contribution in [0, 0.1) is 0 Å². The molecule has 1 N–H and O–H groups in total. The van der Waals surface area contributed by atoms with Gasteiger partial charge in [0.05, 0.1) is 0 Å². The molecule has 1 aromatic heterocycles. The van der Waals surface area contributed by atoms with E-state index in [9.17, 15) is 9.59 Å². The predicted molar refractivity (Wildman–Crippen MR) is 107 cm³/mol. The molecule has 0 saturated carbocycles. The van der Waals surface area contributed by atoms with Gasteiger partial charge in [0, 0.05) is 65.2 Å². The normalized spacial score (nSPS) is 14.4. The molecule has 0 saturated heterocycles.